The Labute approximate surface area is 85.9 Å². The fraction of sp³-hybridized carbons (Fsp3) is 1.00. The normalized spacial score (nSPS) is 26.6. The first-order valence-corrected chi connectivity index (χ1v) is 6.46. The molecule has 14 heavy (non-hydrogen) atoms. The number of hydrogen-bond acceptors (Lipinski definition) is 4. The van der Waals surface area contributed by atoms with Crippen LogP contribution in [0.5, 0.6) is 0 Å². The Balaban J connectivity index is 2.63. The molecule has 1 fully saturated rings. The molecule has 0 aromatic heterocycles. The summed E-state index contributed by atoms with van der Waals surface area (Å²) in [5.41, 5.74) is 5.27. The van der Waals surface area contributed by atoms with Crippen LogP contribution in [0.3, 0.4) is 0 Å². The molecule has 1 aliphatic heterocycles. The molecule has 1 unspecified atom stereocenters. The first-order valence-electron chi connectivity index (χ1n) is 4.85. The number of sulfonamides is 1. The van der Waals surface area contributed by atoms with Crippen LogP contribution >= 0.6 is 0 Å². The first-order chi connectivity index (χ1) is 6.47. The van der Waals surface area contributed by atoms with Gasteiger partial charge in [0.1, 0.15) is 0 Å². The average molecular weight is 221 g/mol. The Hall–Kier alpha value is -0.170. The highest BCUT2D eigenvalue weighted by atomic mass is 32.2. The Bertz CT molecular complexity index is 278. The molecule has 0 bridgehead atoms. The Morgan fingerprint density at radius 3 is 2.57 bits per heavy atom. The molecule has 1 aliphatic rings. The van der Waals surface area contributed by atoms with Crippen LogP contribution in [0, 0.1) is 0 Å². The summed E-state index contributed by atoms with van der Waals surface area (Å²) in [6.45, 7) is 4.19. The lowest BCUT2D eigenvalue weighted by Gasteiger charge is -2.36. The summed E-state index contributed by atoms with van der Waals surface area (Å²) in [6, 6.07) is 0.288. The van der Waals surface area contributed by atoms with Gasteiger partial charge in [-0.25, -0.2) is 8.42 Å². The zero-order valence-corrected chi connectivity index (χ0v) is 9.63. The fourth-order valence-electron chi connectivity index (χ4n) is 1.55. The highest BCUT2D eigenvalue weighted by molar-refractivity contribution is 7.89. The van der Waals surface area contributed by atoms with E-state index < -0.39 is 10.0 Å². The summed E-state index contributed by atoms with van der Waals surface area (Å²) in [7, 11) is -1.10. The van der Waals surface area contributed by atoms with Gasteiger partial charge in [0.2, 0.25) is 10.0 Å². The van der Waals surface area contributed by atoms with Crippen molar-refractivity contribution in [1.82, 2.24) is 9.21 Å². The van der Waals surface area contributed by atoms with E-state index in [1.807, 2.05) is 14.0 Å². The molecular formula is C8H19N3O2S. The lowest BCUT2D eigenvalue weighted by atomic mass is 10.2. The van der Waals surface area contributed by atoms with Gasteiger partial charge in [0.25, 0.3) is 0 Å². The third-order valence-corrected chi connectivity index (χ3v) is 4.56. The maximum atomic E-state index is 11.7. The third kappa shape index (κ3) is 2.66. The zero-order chi connectivity index (χ0) is 10.8. The molecule has 0 radical (unpaired) electrons. The van der Waals surface area contributed by atoms with Crippen molar-refractivity contribution in [2.45, 2.75) is 13.0 Å². The second-order valence-electron chi connectivity index (χ2n) is 3.79. The smallest absolute Gasteiger partial charge is 0.215 e. The van der Waals surface area contributed by atoms with Gasteiger partial charge < -0.3 is 10.6 Å². The molecule has 84 valence electrons. The topological polar surface area (TPSA) is 66.6 Å². The molecule has 1 rings (SSSR count). The van der Waals surface area contributed by atoms with E-state index in [0.29, 0.717) is 13.1 Å². The predicted octanol–water partition coefficient (Wildman–Crippen LogP) is -1.09. The molecule has 0 aliphatic carbocycles. The van der Waals surface area contributed by atoms with Crippen LogP contribution in [-0.2, 0) is 10.0 Å². The lowest BCUT2D eigenvalue weighted by Crippen LogP contribution is -2.52. The van der Waals surface area contributed by atoms with E-state index in [1.165, 1.54) is 0 Å². The summed E-state index contributed by atoms with van der Waals surface area (Å²) in [5, 5.41) is 0. The van der Waals surface area contributed by atoms with Gasteiger partial charge in [-0.05, 0) is 14.0 Å². The van der Waals surface area contributed by atoms with Crippen LogP contribution in [0.2, 0.25) is 0 Å². The first kappa shape index (κ1) is 11.9. The van der Waals surface area contributed by atoms with Crippen LogP contribution < -0.4 is 5.73 Å². The molecule has 0 aromatic rings. The Kier molecular flexibility index (Phi) is 3.88. The van der Waals surface area contributed by atoms with Gasteiger partial charge in [-0.2, -0.15) is 4.31 Å². The van der Waals surface area contributed by atoms with Gasteiger partial charge in [0, 0.05) is 32.2 Å². The zero-order valence-electron chi connectivity index (χ0n) is 8.81. The lowest BCUT2D eigenvalue weighted by molar-refractivity contribution is 0.159. The van der Waals surface area contributed by atoms with Crippen molar-refractivity contribution in [3.05, 3.63) is 0 Å². The highest BCUT2D eigenvalue weighted by Gasteiger charge is 2.28. The van der Waals surface area contributed by atoms with Crippen molar-refractivity contribution in [1.29, 1.82) is 0 Å². The van der Waals surface area contributed by atoms with Crippen molar-refractivity contribution in [3.8, 4) is 0 Å². The molecule has 0 spiro atoms. The van der Waals surface area contributed by atoms with Crippen molar-refractivity contribution in [2.24, 2.45) is 5.73 Å². The molecule has 1 saturated heterocycles. The fourth-order valence-corrected chi connectivity index (χ4v) is 2.90. The molecule has 1 heterocycles. The quantitative estimate of drug-likeness (QED) is 0.658. The molecule has 5 nitrogen and oxygen atoms in total. The second-order valence-corrected chi connectivity index (χ2v) is 5.88. The van der Waals surface area contributed by atoms with Gasteiger partial charge in [0.05, 0.1) is 5.75 Å². The summed E-state index contributed by atoms with van der Waals surface area (Å²) in [4.78, 5) is 2.16. The summed E-state index contributed by atoms with van der Waals surface area (Å²) in [5.74, 6) is 0.0590. The van der Waals surface area contributed by atoms with E-state index in [9.17, 15) is 8.42 Å². The SMILES string of the molecule is CC1CN(S(=O)(=O)CCN)CCN1C. The number of piperazine rings is 1. The number of nitrogens with zero attached hydrogens (tertiary/aromatic N) is 2. The minimum Gasteiger partial charge on any atom is -0.329 e. The van der Waals surface area contributed by atoms with Crippen molar-refractivity contribution < 1.29 is 8.42 Å². The third-order valence-electron chi connectivity index (χ3n) is 2.69. The van der Waals surface area contributed by atoms with E-state index >= 15 is 0 Å². The van der Waals surface area contributed by atoms with Crippen molar-refractivity contribution in [2.75, 3.05) is 39.0 Å². The molecule has 2 N–H and O–H groups in total. The predicted molar refractivity (Wildman–Crippen MR) is 56.5 cm³/mol. The number of nitrogens with two attached hydrogens (primary N) is 1. The summed E-state index contributed by atoms with van der Waals surface area (Å²) >= 11 is 0. The Morgan fingerprint density at radius 1 is 1.43 bits per heavy atom. The molecular weight excluding hydrogens is 202 g/mol. The summed E-state index contributed by atoms with van der Waals surface area (Å²) < 4.78 is 24.9. The standard InChI is InChI=1S/C8H19N3O2S/c1-8-7-11(5-4-10(8)2)14(12,13)6-3-9/h8H,3-7,9H2,1-2H3. The minimum atomic E-state index is -3.11. The molecule has 0 saturated carbocycles. The van der Waals surface area contributed by atoms with Crippen LogP contribution in [0.4, 0.5) is 0 Å². The number of likely N-dealkylation sites (N-methyl/N-ethyl adjacent to an activating group) is 1. The highest BCUT2D eigenvalue weighted by Crippen LogP contribution is 2.11. The monoisotopic (exact) mass is 221 g/mol. The van der Waals surface area contributed by atoms with Gasteiger partial charge in [-0.1, -0.05) is 0 Å². The number of hydrogen-bond donors (Lipinski definition) is 1. The summed E-state index contributed by atoms with van der Waals surface area (Å²) in [6.07, 6.45) is 0. The van der Waals surface area contributed by atoms with Gasteiger partial charge >= 0.3 is 0 Å². The van der Waals surface area contributed by atoms with E-state index in [2.05, 4.69) is 4.90 Å². The molecule has 1 atom stereocenters. The van der Waals surface area contributed by atoms with Crippen molar-refractivity contribution in [3.63, 3.8) is 0 Å². The van der Waals surface area contributed by atoms with Crippen LogP contribution in [0.1, 0.15) is 6.92 Å². The van der Waals surface area contributed by atoms with E-state index in [4.69, 9.17) is 5.73 Å². The Morgan fingerprint density at radius 2 is 2.07 bits per heavy atom. The van der Waals surface area contributed by atoms with E-state index in [0.717, 1.165) is 6.54 Å². The second kappa shape index (κ2) is 4.57. The number of rotatable bonds is 3. The van der Waals surface area contributed by atoms with Crippen LogP contribution in [0.15, 0.2) is 0 Å². The van der Waals surface area contributed by atoms with Gasteiger partial charge in [-0.15, -0.1) is 0 Å². The van der Waals surface area contributed by atoms with E-state index in [1.54, 1.807) is 4.31 Å². The molecule has 0 aromatic carbocycles. The largest absolute Gasteiger partial charge is 0.329 e. The molecule has 6 heteroatoms. The van der Waals surface area contributed by atoms with E-state index in [-0.39, 0.29) is 18.3 Å². The van der Waals surface area contributed by atoms with Crippen LogP contribution in [-0.4, -0.2) is 62.6 Å². The van der Waals surface area contributed by atoms with Gasteiger partial charge in [-0.3, -0.25) is 0 Å². The average Bonchev–Trinajstić information content (AvgIpc) is 2.09. The van der Waals surface area contributed by atoms with Gasteiger partial charge in [0.15, 0.2) is 0 Å². The maximum Gasteiger partial charge on any atom is 0.215 e. The molecule has 0 amide bonds. The van der Waals surface area contributed by atoms with Crippen molar-refractivity contribution >= 4 is 10.0 Å². The minimum absolute atomic E-state index is 0.0590. The maximum absolute atomic E-state index is 11.7. The van der Waals surface area contributed by atoms with Crippen LogP contribution in [0.25, 0.3) is 0 Å².